The first-order valence-electron chi connectivity index (χ1n) is 10.8. The second kappa shape index (κ2) is 8.10. The van der Waals surface area contributed by atoms with Crippen LogP contribution in [0.15, 0.2) is 42.5 Å². The summed E-state index contributed by atoms with van der Waals surface area (Å²) in [6.45, 7) is 3.80. The van der Waals surface area contributed by atoms with Gasteiger partial charge in [-0.2, -0.15) is 0 Å². The topological polar surface area (TPSA) is 63.7 Å². The number of rotatable bonds is 5. The molecule has 0 unspecified atom stereocenters. The van der Waals surface area contributed by atoms with E-state index in [1.165, 1.54) is 4.90 Å². The highest BCUT2D eigenvalue weighted by Crippen LogP contribution is 2.60. The van der Waals surface area contributed by atoms with E-state index in [1.54, 1.807) is 30.3 Å². The van der Waals surface area contributed by atoms with Gasteiger partial charge in [-0.15, -0.1) is 0 Å². The molecule has 1 saturated heterocycles. The van der Waals surface area contributed by atoms with Crippen molar-refractivity contribution in [3.63, 3.8) is 0 Å². The van der Waals surface area contributed by atoms with Crippen LogP contribution in [0.4, 0.5) is 5.69 Å². The number of amides is 2. The summed E-state index contributed by atoms with van der Waals surface area (Å²) in [7, 11) is 0. The van der Waals surface area contributed by atoms with Crippen molar-refractivity contribution in [1.82, 2.24) is 0 Å². The van der Waals surface area contributed by atoms with Crippen LogP contribution in [0.3, 0.4) is 0 Å². The van der Waals surface area contributed by atoms with Crippen LogP contribution in [0.2, 0.25) is 0 Å². The number of carbonyl (C=O) groups is 3. The maximum Gasteiger partial charge on any atom is 0.238 e. The molecule has 1 aliphatic heterocycles. The molecule has 0 N–H and O–H groups in total. The second-order valence-electron chi connectivity index (χ2n) is 8.99. The predicted molar refractivity (Wildman–Crippen MR) is 129 cm³/mol. The highest BCUT2D eigenvalue weighted by atomic mass is 79.9. The van der Waals surface area contributed by atoms with Gasteiger partial charge in [-0.3, -0.25) is 14.4 Å². The summed E-state index contributed by atoms with van der Waals surface area (Å²) >= 11 is 7.43. The van der Waals surface area contributed by atoms with Gasteiger partial charge in [0.15, 0.2) is 12.4 Å². The minimum absolute atomic E-state index is 0.148. The van der Waals surface area contributed by atoms with Gasteiger partial charge in [0, 0.05) is 15.2 Å². The molecule has 5 rings (SSSR count). The third-order valence-electron chi connectivity index (χ3n) is 7.28. The molecule has 2 saturated carbocycles. The number of halogens is 2. The van der Waals surface area contributed by atoms with Gasteiger partial charge in [-0.05, 0) is 61.4 Å². The SMILES string of the molecule is Cc1ccc(C(=O)COc2ccccc2N2C(=O)[C@@H]3[C@H]4C[C@@H]([C@H](Br)[C@@H]4Br)[C@@H]3C2=O)cc1C. The van der Waals surface area contributed by atoms with Crippen molar-refractivity contribution in [2.24, 2.45) is 23.7 Å². The predicted octanol–water partition coefficient (Wildman–Crippen LogP) is 4.85. The molecule has 2 aromatic rings. The van der Waals surface area contributed by atoms with Crippen molar-refractivity contribution in [3.8, 4) is 5.75 Å². The van der Waals surface area contributed by atoms with Crippen LogP contribution in [0.25, 0.3) is 0 Å². The van der Waals surface area contributed by atoms with E-state index in [4.69, 9.17) is 4.74 Å². The molecule has 2 aliphatic carbocycles. The van der Waals surface area contributed by atoms with Crippen LogP contribution in [0.5, 0.6) is 5.75 Å². The molecule has 32 heavy (non-hydrogen) atoms. The molecule has 166 valence electrons. The molecule has 2 aromatic carbocycles. The molecule has 0 spiro atoms. The zero-order chi connectivity index (χ0) is 22.7. The van der Waals surface area contributed by atoms with E-state index in [2.05, 4.69) is 31.9 Å². The summed E-state index contributed by atoms with van der Waals surface area (Å²) in [5.41, 5.74) is 3.16. The summed E-state index contributed by atoms with van der Waals surface area (Å²) in [6, 6.07) is 12.5. The summed E-state index contributed by atoms with van der Waals surface area (Å²) < 4.78 is 5.85. The van der Waals surface area contributed by atoms with Crippen molar-refractivity contribution in [2.45, 2.75) is 29.9 Å². The molecular formula is C25H23Br2NO4. The summed E-state index contributed by atoms with van der Waals surface area (Å²) in [5.74, 6) is -0.399. The van der Waals surface area contributed by atoms with Crippen molar-refractivity contribution in [3.05, 3.63) is 59.2 Å². The number of hydrogen-bond donors (Lipinski definition) is 0. The van der Waals surface area contributed by atoms with Crippen LogP contribution in [0, 0.1) is 37.5 Å². The lowest BCUT2D eigenvalue weighted by Crippen LogP contribution is -2.37. The molecule has 5 nitrogen and oxygen atoms in total. The van der Waals surface area contributed by atoms with Gasteiger partial charge in [-0.1, -0.05) is 56.1 Å². The largest absolute Gasteiger partial charge is 0.483 e. The third kappa shape index (κ3) is 3.27. The number of imide groups is 1. The van der Waals surface area contributed by atoms with E-state index in [-0.39, 0.29) is 57.5 Å². The molecular weight excluding hydrogens is 538 g/mol. The van der Waals surface area contributed by atoms with E-state index < -0.39 is 0 Å². The van der Waals surface area contributed by atoms with E-state index in [9.17, 15) is 14.4 Å². The number of ketones is 1. The van der Waals surface area contributed by atoms with Crippen LogP contribution in [-0.2, 0) is 9.59 Å². The number of ether oxygens (including phenoxy) is 1. The van der Waals surface area contributed by atoms with Gasteiger partial charge < -0.3 is 4.74 Å². The number of Topliss-reactive ketones (excluding diaryl/α,β-unsaturated/α-hetero) is 1. The van der Waals surface area contributed by atoms with Gasteiger partial charge in [0.1, 0.15) is 5.75 Å². The van der Waals surface area contributed by atoms with Crippen molar-refractivity contribution < 1.29 is 19.1 Å². The Labute approximate surface area is 203 Å². The second-order valence-corrected chi connectivity index (χ2v) is 11.1. The highest BCUT2D eigenvalue weighted by Gasteiger charge is 2.66. The van der Waals surface area contributed by atoms with Crippen molar-refractivity contribution in [1.29, 1.82) is 0 Å². The van der Waals surface area contributed by atoms with Crippen molar-refractivity contribution >= 4 is 55.1 Å². The average molecular weight is 561 g/mol. The number of benzene rings is 2. The first kappa shape index (κ1) is 21.8. The van der Waals surface area contributed by atoms with E-state index in [1.807, 2.05) is 26.0 Å². The van der Waals surface area contributed by atoms with Crippen LogP contribution in [-0.4, -0.2) is 33.9 Å². The first-order chi connectivity index (χ1) is 15.3. The fourth-order valence-corrected chi connectivity index (χ4v) is 7.37. The maximum absolute atomic E-state index is 13.4. The summed E-state index contributed by atoms with van der Waals surface area (Å²) in [6.07, 6.45) is 0.884. The number of anilines is 1. The first-order valence-corrected chi connectivity index (χ1v) is 12.6. The van der Waals surface area contributed by atoms with Gasteiger partial charge in [0.05, 0.1) is 17.5 Å². The van der Waals surface area contributed by atoms with E-state index in [0.29, 0.717) is 17.0 Å². The number of hydrogen-bond acceptors (Lipinski definition) is 4. The highest BCUT2D eigenvalue weighted by molar-refractivity contribution is 9.12. The molecule has 2 amide bonds. The van der Waals surface area contributed by atoms with E-state index >= 15 is 0 Å². The standard InChI is InChI=1S/C25H23Br2NO4/c1-12-7-8-14(9-13(12)2)18(29)11-32-19-6-4-3-5-17(19)28-24(30)20-15-10-16(21(20)25(28)31)23(27)22(15)26/h3-9,15-16,20-23H,10-11H2,1-2H3/t15-,16-,20-,21+,22-,23+/m1/s1. The van der Waals surface area contributed by atoms with Gasteiger partial charge >= 0.3 is 0 Å². The Bertz CT molecular complexity index is 1100. The molecule has 2 bridgehead atoms. The minimum atomic E-state index is -0.295. The molecule has 7 heteroatoms. The Kier molecular flexibility index (Phi) is 5.53. The molecule has 6 atom stereocenters. The Balaban J connectivity index is 1.38. The monoisotopic (exact) mass is 559 g/mol. The number of carbonyl (C=O) groups excluding carboxylic acids is 3. The fraction of sp³-hybridized carbons (Fsp3) is 0.400. The van der Waals surface area contributed by atoms with Gasteiger partial charge in [-0.25, -0.2) is 4.90 Å². The molecule has 3 fully saturated rings. The van der Waals surface area contributed by atoms with Crippen molar-refractivity contribution in [2.75, 3.05) is 11.5 Å². The normalized spacial score (nSPS) is 30.7. The molecule has 3 aliphatic rings. The Morgan fingerprint density at radius 1 is 0.969 bits per heavy atom. The van der Waals surface area contributed by atoms with Gasteiger partial charge in [0.25, 0.3) is 0 Å². The minimum Gasteiger partial charge on any atom is -0.483 e. The Hall–Kier alpha value is -1.99. The number of nitrogens with zero attached hydrogens (tertiary/aromatic N) is 1. The molecule has 1 heterocycles. The van der Waals surface area contributed by atoms with Crippen LogP contribution < -0.4 is 9.64 Å². The Morgan fingerprint density at radius 3 is 2.22 bits per heavy atom. The number of aryl methyl sites for hydroxylation is 2. The zero-order valence-electron chi connectivity index (χ0n) is 17.8. The van der Waals surface area contributed by atoms with Crippen LogP contribution in [0.1, 0.15) is 27.9 Å². The molecule has 0 radical (unpaired) electrons. The Morgan fingerprint density at radius 2 is 1.59 bits per heavy atom. The quantitative estimate of drug-likeness (QED) is 0.298. The zero-order valence-corrected chi connectivity index (χ0v) is 20.9. The maximum atomic E-state index is 13.4. The number of para-hydroxylation sites is 2. The average Bonchev–Trinajstić information content (AvgIpc) is 3.39. The number of alkyl halides is 2. The smallest absolute Gasteiger partial charge is 0.238 e. The summed E-state index contributed by atoms with van der Waals surface area (Å²) in [4.78, 5) is 41.1. The molecule has 0 aromatic heterocycles. The lowest BCUT2D eigenvalue weighted by molar-refractivity contribution is -0.123. The third-order valence-corrected chi connectivity index (χ3v) is 10.5. The lowest BCUT2D eigenvalue weighted by Gasteiger charge is -2.28. The van der Waals surface area contributed by atoms with Gasteiger partial charge in [0.2, 0.25) is 11.8 Å². The fourth-order valence-electron chi connectivity index (χ4n) is 5.49. The summed E-state index contributed by atoms with van der Waals surface area (Å²) in [5, 5.41) is 0. The number of fused-ring (bicyclic) bond motifs is 5. The lowest BCUT2D eigenvalue weighted by atomic mass is 9.81. The van der Waals surface area contributed by atoms with Crippen LogP contribution >= 0.6 is 31.9 Å². The van der Waals surface area contributed by atoms with E-state index in [0.717, 1.165) is 17.5 Å².